The third-order valence-corrected chi connectivity index (χ3v) is 1.13. The molecule has 0 unspecified atom stereocenters. The quantitative estimate of drug-likeness (QED) is 0.690. The van der Waals surface area contributed by atoms with Crippen LogP contribution in [0.2, 0.25) is 0 Å². The van der Waals surface area contributed by atoms with Crippen LogP contribution in [0, 0.1) is 0 Å². The van der Waals surface area contributed by atoms with Crippen molar-refractivity contribution < 1.29 is 9.45 Å². The van der Waals surface area contributed by atoms with E-state index in [1.54, 1.807) is 12.1 Å². The molecule has 60 valence electrons. The summed E-state index contributed by atoms with van der Waals surface area (Å²) in [5.41, 5.74) is 0.478. The van der Waals surface area contributed by atoms with Crippen molar-refractivity contribution in [2.75, 3.05) is 0 Å². The summed E-state index contributed by atoms with van der Waals surface area (Å²) in [7, 11) is 0. The summed E-state index contributed by atoms with van der Waals surface area (Å²) in [4.78, 5) is 14.1. The van der Waals surface area contributed by atoms with Gasteiger partial charge in [0.05, 0.1) is 11.9 Å². The topological polar surface area (TPSA) is 50.2 Å². The Kier molecular flexibility index (Phi) is 5.74. The molecular weight excluding hydrogens is 189 g/mol. The maximum absolute atomic E-state index is 10.4. The molecular formula is C6H5Cl2NO2. The first-order chi connectivity index (χ1) is 5.30. The molecule has 11 heavy (non-hydrogen) atoms. The largest absolute Gasteiger partial charge is 0.295 e. The summed E-state index contributed by atoms with van der Waals surface area (Å²) in [5, 5.41) is -0.447. The first kappa shape index (κ1) is 10.4. The molecule has 0 aliphatic rings. The number of halogens is 2. The zero-order valence-corrected chi connectivity index (χ0v) is 6.88. The smallest absolute Gasteiger partial charge is 0.252 e. The maximum atomic E-state index is 10.4. The summed E-state index contributed by atoms with van der Waals surface area (Å²) in [6.45, 7) is 0. The van der Waals surface area contributed by atoms with E-state index in [1.807, 2.05) is 0 Å². The number of pyridine rings is 1. The lowest BCUT2D eigenvalue weighted by Gasteiger charge is -1.86. The number of hydrogen-bond acceptors (Lipinski definition) is 3. The Morgan fingerprint density at radius 1 is 1.36 bits per heavy atom. The molecule has 0 radical (unpaired) electrons. The third kappa shape index (κ3) is 3.93. The van der Waals surface area contributed by atoms with Crippen LogP contribution in [-0.2, 0) is 0 Å². The fraction of sp³-hybridized carbons (Fsp3) is 0. The second-order valence-electron chi connectivity index (χ2n) is 1.51. The Labute approximate surface area is 73.8 Å². The second-order valence-corrected chi connectivity index (χ2v) is 1.85. The van der Waals surface area contributed by atoms with Gasteiger partial charge in [0.2, 0.25) is 0 Å². The summed E-state index contributed by atoms with van der Waals surface area (Å²) in [5.74, 6) is 0. The number of carbonyl (C=O) groups excluding carboxylic acids is 1. The van der Waals surface area contributed by atoms with Crippen molar-refractivity contribution in [1.29, 1.82) is 0 Å². The van der Waals surface area contributed by atoms with E-state index in [1.165, 1.54) is 12.4 Å². The number of aromatic nitrogens is 1. The van der Waals surface area contributed by atoms with E-state index in [-0.39, 0.29) is 0 Å². The minimum atomic E-state index is -0.447. The summed E-state index contributed by atoms with van der Waals surface area (Å²) < 4.78 is 6.47. The van der Waals surface area contributed by atoms with E-state index in [4.69, 9.17) is 16.3 Å². The van der Waals surface area contributed by atoms with Crippen molar-refractivity contribution >= 4 is 28.7 Å². The monoisotopic (exact) mass is 193 g/mol. The average molecular weight is 194 g/mol. The Bertz CT molecular complexity index is 215. The van der Waals surface area contributed by atoms with Gasteiger partial charge in [-0.3, -0.25) is 14.4 Å². The minimum absolute atomic E-state index is 0.447. The minimum Gasteiger partial charge on any atom is -0.295 e. The first-order valence-corrected chi connectivity index (χ1v) is 3.29. The van der Waals surface area contributed by atoms with Gasteiger partial charge in [-0.1, -0.05) is 0 Å². The van der Waals surface area contributed by atoms with Gasteiger partial charge >= 0.3 is 0 Å². The third-order valence-electron chi connectivity index (χ3n) is 0.907. The van der Waals surface area contributed by atoms with E-state index in [2.05, 4.69) is 16.9 Å². The van der Waals surface area contributed by atoms with Crippen LogP contribution < -0.4 is 0 Å². The predicted molar refractivity (Wildman–Crippen MR) is 42.5 cm³/mol. The molecule has 0 spiro atoms. The van der Waals surface area contributed by atoms with Gasteiger partial charge in [0.15, 0.2) is 0 Å². The van der Waals surface area contributed by atoms with E-state index in [0.29, 0.717) is 5.56 Å². The normalized spacial score (nSPS) is 7.91. The lowest BCUT2D eigenvalue weighted by molar-refractivity contribution is 0.108. The van der Waals surface area contributed by atoms with E-state index < -0.39 is 5.24 Å². The first-order valence-electron chi connectivity index (χ1n) is 2.57. The van der Waals surface area contributed by atoms with Gasteiger partial charge in [-0.2, -0.15) is 0 Å². The van der Waals surface area contributed by atoms with Crippen molar-refractivity contribution in [3.63, 3.8) is 0 Å². The Morgan fingerprint density at radius 2 is 1.82 bits per heavy atom. The molecule has 0 saturated heterocycles. The van der Waals surface area contributed by atoms with Crippen molar-refractivity contribution in [1.82, 2.24) is 4.98 Å². The molecule has 1 aromatic rings. The maximum Gasteiger partial charge on any atom is 0.252 e. The van der Waals surface area contributed by atoms with Gasteiger partial charge in [-0.05, 0) is 23.7 Å². The molecule has 0 aliphatic carbocycles. The molecule has 3 nitrogen and oxygen atoms in total. The summed E-state index contributed by atoms with van der Waals surface area (Å²) in [6, 6.07) is 3.13. The molecule has 0 amide bonds. The van der Waals surface area contributed by atoms with Crippen molar-refractivity contribution in [3.8, 4) is 0 Å². The molecule has 0 bridgehead atoms. The highest BCUT2D eigenvalue weighted by Gasteiger charge is 1.96. The Hall–Kier alpha value is -0.640. The van der Waals surface area contributed by atoms with Gasteiger partial charge < -0.3 is 0 Å². The molecule has 5 heteroatoms. The molecule has 1 N–H and O–H groups in total. The molecule has 0 aliphatic heterocycles. The van der Waals surface area contributed by atoms with Crippen LogP contribution in [0.4, 0.5) is 0 Å². The highest BCUT2D eigenvalue weighted by Crippen LogP contribution is 1.99. The zero-order chi connectivity index (χ0) is 8.69. The molecule has 0 aromatic carbocycles. The number of hydrogen-bond donors (Lipinski definition) is 1. The van der Waals surface area contributed by atoms with Crippen LogP contribution in [0.25, 0.3) is 0 Å². The fourth-order valence-corrected chi connectivity index (χ4v) is 0.609. The van der Waals surface area contributed by atoms with Crippen molar-refractivity contribution in [2.24, 2.45) is 0 Å². The van der Waals surface area contributed by atoms with Crippen LogP contribution in [0.1, 0.15) is 10.4 Å². The van der Waals surface area contributed by atoms with Gasteiger partial charge in [0.1, 0.15) is 0 Å². The van der Waals surface area contributed by atoms with Gasteiger partial charge in [-0.15, -0.1) is 0 Å². The highest BCUT2D eigenvalue weighted by molar-refractivity contribution is 6.67. The Balaban J connectivity index is 0.000000461. The van der Waals surface area contributed by atoms with Crippen LogP contribution >= 0.6 is 23.5 Å². The summed E-state index contributed by atoms with van der Waals surface area (Å²) in [6.07, 6.45) is 3.05. The molecule has 1 aromatic heterocycles. The van der Waals surface area contributed by atoms with Crippen LogP contribution in [0.15, 0.2) is 24.5 Å². The molecule has 0 saturated carbocycles. The van der Waals surface area contributed by atoms with Crippen molar-refractivity contribution in [2.45, 2.75) is 0 Å². The zero-order valence-electron chi connectivity index (χ0n) is 5.37. The summed E-state index contributed by atoms with van der Waals surface area (Å²) >= 11 is 8.78. The van der Waals surface area contributed by atoms with Gasteiger partial charge in [-0.25, -0.2) is 0 Å². The van der Waals surface area contributed by atoms with E-state index in [0.717, 1.165) is 0 Å². The number of carbonyl (C=O) groups is 1. The average Bonchev–Trinajstić information content (AvgIpc) is 2.10. The number of nitrogens with zero attached hydrogens (tertiary/aromatic N) is 1. The SMILES string of the molecule is O=C(Cl)c1ccncc1.OCl. The van der Waals surface area contributed by atoms with Crippen LogP contribution in [0.3, 0.4) is 0 Å². The van der Waals surface area contributed by atoms with Gasteiger partial charge in [0.25, 0.3) is 5.24 Å². The lowest BCUT2D eigenvalue weighted by atomic mass is 10.3. The molecule has 0 fully saturated rings. The Morgan fingerprint density at radius 3 is 2.09 bits per heavy atom. The standard InChI is InChI=1S/C6H4ClNO.ClHO/c7-6(9)5-1-3-8-4-2-5;1-2/h1-4H;2H. The lowest BCUT2D eigenvalue weighted by Crippen LogP contribution is -1.86. The van der Waals surface area contributed by atoms with E-state index in [9.17, 15) is 4.79 Å². The predicted octanol–water partition coefficient (Wildman–Crippen LogP) is 1.59. The fourth-order valence-electron chi connectivity index (χ4n) is 0.483. The molecule has 0 atom stereocenters. The van der Waals surface area contributed by atoms with Crippen LogP contribution in [0.5, 0.6) is 0 Å². The molecule has 1 rings (SSSR count). The van der Waals surface area contributed by atoms with Gasteiger partial charge in [0, 0.05) is 18.0 Å². The van der Waals surface area contributed by atoms with Crippen molar-refractivity contribution in [3.05, 3.63) is 30.1 Å². The molecule has 1 heterocycles. The number of rotatable bonds is 1. The second kappa shape index (κ2) is 6.09. The highest BCUT2D eigenvalue weighted by atomic mass is 35.5. The van der Waals surface area contributed by atoms with Crippen LogP contribution in [-0.4, -0.2) is 14.9 Å². The van der Waals surface area contributed by atoms with E-state index >= 15 is 0 Å².